The van der Waals surface area contributed by atoms with Crippen molar-refractivity contribution in [3.8, 4) is 5.75 Å². The zero-order chi connectivity index (χ0) is 22.7. The van der Waals surface area contributed by atoms with Crippen LogP contribution in [0.3, 0.4) is 0 Å². The first-order valence-corrected chi connectivity index (χ1v) is 11.3. The number of ether oxygens (including phenoxy) is 2. The van der Waals surface area contributed by atoms with E-state index in [1.807, 2.05) is 31.2 Å². The van der Waals surface area contributed by atoms with Gasteiger partial charge in [-0.25, -0.2) is 4.68 Å². The molecule has 9 heteroatoms. The van der Waals surface area contributed by atoms with Gasteiger partial charge in [0.2, 0.25) is 5.91 Å². The maximum atomic E-state index is 13.1. The number of piperidine rings is 1. The van der Waals surface area contributed by atoms with E-state index in [4.69, 9.17) is 9.47 Å². The van der Waals surface area contributed by atoms with Gasteiger partial charge in [-0.15, -0.1) is 5.10 Å². The van der Waals surface area contributed by atoms with Crippen LogP contribution in [0, 0.1) is 5.92 Å². The maximum absolute atomic E-state index is 13.1. The number of amides is 2. The fourth-order valence-electron chi connectivity index (χ4n) is 4.16. The third-order valence-corrected chi connectivity index (χ3v) is 6.44. The first kappa shape index (κ1) is 22.3. The van der Waals surface area contributed by atoms with Gasteiger partial charge in [-0.05, 0) is 43.9 Å². The molecular weight excluding hydrogens is 410 g/mol. The second-order valence-corrected chi connectivity index (χ2v) is 8.52. The lowest BCUT2D eigenvalue weighted by Gasteiger charge is -2.32. The number of carbonyl (C=O) groups is 2. The molecule has 2 atom stereocenters. The molecule has 1 aromatic heterocycles. The van der Waals surface area contributed by atoms with Gasteiger partial charge >= 0.3 is 0 Å². The van der Waals surface area contributed by atoms with Crippen LogP contribution in [0.1, 0.15) is 61.0 Å². The number of likely N-dealkylation sites (tertiary alicyclic amines) is 1. The fourth-order valence-corrected chi connectivity index (χ4v) is 4.16. The summed E-state index contributed by atoms with van der Waals surface area (Å²) in [4.78, 5) is 27.3. The Hall–Kier alpha value is -2.94. The van der Waals surface area contributed by atoms with Crippen LogP contribution in [-0.2, 0) is 22.7 Å². The van der Waals surface area contributed by atoms with E-state index < -0.39 is 0 Å². The molecule has 1 fully saturated rings. The minimum absolute atomic E-state index is 0.0457. The molecule has 9 nitrogen and oxygen atoms in total. The lowest BCUT2D eigenvalue weighted by Crippen LogP contribution is -2.45. The minimum atomic E-state index is -0.155. The number of benzene rings is 1. The Morgan fingerprint density at radius 2 is 1.97 bits per heavy atom. The number of hydrogen-bond acceptors (Lipinski definition) is 6. The standard InChI is InChI=1S/C23H31N5O4/c1-4-15(2)24-22(29)17-9-11-27(12-10-17)23(30)21-19-14-32-20(13-28(19)26-25-21)16-5-7-18(31-3)8-6-16/h5-8,15,17,20H,4,9-14H2,1-3H3,(H,24,29)/t15-,20-/m0/s1. The topological polar surface area (TPSA) is 98.6 Å². The molecule has 1 saturated heterocycles. The molecule has 0 saturated carbocycles. The smallest absolute Gasteiger partial charge is 0.276 e. The number of nitrogens with one attached hydrogen (secondary N) is 1. The molecule has 2 aliphatic heterocycles. The third kappa shape index (κ3) is 4.62. The van der Waals surface area contributed by atoms with Gasteiger partial charge in [0.1, 0.15) is 11.9 Å². The van der Waals surface area contributed by atoms with Crippen LogP contribution in [0.25, 0.3) is 0 Å². The first-order chi connectivity index (χ1) is 15.5. The van der Waals surface area contributed by atoms with Crippen molar-refractivity contribution in [1.82, 2.24) is 25.2 Å². The normalized spacial score (nSPS) is 19.8. The van der Waals surface area contributed by atoms with Gasteiger partial charge in [-0.1, -0.05) is 24.3 Å². The molecule has 2 aliphatic rings. The van der Waals surface area contributed by atoms with Crippen LogP contribution in [0.2, 0.25) is 0 Å². The maximum Gasteiger partial charge on any atom is 0.276 e. The van der Waals surface area contributed by atoms with Crippen molar-refractivity contribution in [2.45, 2.75) is 58.4 Å². The van der Waals surface area contributed by atoms with Crippen molar-refractivity contribution in [2.24, 2.45) is 5.92 Å². The van der Waals surface area contributed by atoms with Crippen LogP contribution >= 0.6 is 0 Å². The average Bonchev–Trinajstić information content (AvgIpc) is 3.27. The van der Waals surface area contributed by atoms with E-state index in [-0.39, 0.29) is 36.5 Å². The zero-order valence-corrected chi connectivity index (χ0v) is 18.9. The monoisotopic (exact) mass is 441 g/mol. The van der Waals surface area contributed by atoms with Crippen molar-refractivity contribution in [2.75, 3.05) is 20.2 Å². The first-order valence-electron chi connectivity index (χ1n) is 11.3. The Kier molecular flexibility index (Phi) is 6.74. The van der Waals surface area contributed by atoms with Crippen molar-refractivity contribution >= 4 is 11.8 Å². The van der Waals surface area contributed by atoms with E-state index in [0.717, 1.165) is 17.7 Å². The molecule has 2 aromatic rings. The number of fused-ring (bicyclic) bond motifs is 1. The van der Waals surface area contributed by atoms with E-state index in [9.17, 15) is 9.59 Å². The Labute approximate surface area is 188 Å². The summed E-state index contributed by atoms with van der Waals surface area (Å²) in [6, 6.07) is 7.92. The summed E-state index contributed by atoms with van der Waals surface area (Å²) in [5, 5.41) is 11.4. The van der Waals surface area contributed by atoms with Crippen LogP contribution in [0.4, 0.5) is 0 Å². The SMILES string of the molecule is CC[C@H](C)NC(=O)C1CCN(C(=O)c2nnn3c2CO[C@H](c2ccc(OC)cc2)C3)CC1. The lowest BCUT2D eigenvalue weighted by molar-refractivity contribution is -0.126. The highest BCUT2D eigenvalue weighted by atomic mass is 16.5. The van der Waals surface area contributed by atoms with Crippen molar-refractivity contribution in [3.63, 3.8) is 0 Å². The number of methoxy groups -OCH3 is 1. The van der Waals surface area contributed by atoms with E-state index in [0.29, 0.717) is 43.9 Å². The second-order valence-electron chi connectivity index (χ2n) is 8.52. The molecular formula is C23H31N5O4. The Balaban J connectivity index is 1.36. The predicted molar refractivity (Wildman–Crippen MR) is 117 cm³/mol. The average molecular weight is 442 g/mol. The molecule has 172 valence electrons. The van der Waals surface area contributed by atoms with Crippen LogP contribution < -0.4 is 10.1 Å². The molecule has 32 heavy (non-hydrogen) atoms. The van der Waals surface area contributed by atoms with E-state index in [1.54, 1.807) is 16.7 Å². The van der Waals surface area contributed by atoms with Crippen LogP contribution in [0.15, 0.2) is 24.3 Å². The summed E-state index contributed by atoms with van der Waals surface area (Å²) >= 11 is 0. The highest BCUT2D eigenvalue weighted by Crippen LogP contribution is 2.29. The summed E-state index contributed by atoms with van der Waals surface area (Å²) in [5.74, 6) is 0.694. The molecule has 1 aromatic carbocycles. The van der Waals surface area contributed by atoms with Gasteiger partial charge in [-0.2, -0.15) is 0 Å². The third-order valence-electron chi connectivity index (χ3n) is 6.44. The summed E-state index contributed by atoms with van der Waals surface area (Å²) in [6.45, 7) is 5.91. The largest absolute Gasteiger partial charge is 0.497 e. The Morgan fingerprint density at radius 3 is 2.62 bits per heavy atom. The predicted octanol–water partition coefficient (Wildman–Crippen LogP) is 2.33. The molecule has 0 bridgehead atoms. The van der Waals surface area contributed by atoms with Gasteiger partial charge < -0.3 is 19.7 Å². The van der Waals surface area contributed by atoms with E-state index in [2.05, 4.69) is 22.6 Å². The van der Waals surface area contributed by atoms with Crippen molar-refractivity contribution in [1.29, 1.82) is 0 Å². The number of hydrogen-bond donors (Lipinski definition) is 1. The summed E-state index contributed by atoms with van der Waals surface area (Å²) < 4.78 is 13.0. The van der Waals surface area contributed by atoms with Crippen molar-refractivity contribution in [3.05, 3.63) is 41.2 Å². The number of carbonyl (C=O) groups excluding carboxylic acids is 2. The number of rotatable bonds is 6. The highest BCUT2D eigenvalue weighted by molar-refractivity contribution is 5.93. The lowest BCUT2D eigenvalue weighted by atomic mass is 9.95. The Morgan fingerprint density at radius 1 is 1.25 bits per heavy atom. The van der Waals surface area contributed by atoms with Crippen molar-refractivity contribution < 1.29 is 19.1 Å². The van der Waals surface area contributed by atoms with E-state index in [1.165, 1.54) is 0 Å². The van der Waals surface area contributed by atoms with Gasteiger partial charge in [0.25, 0.3) is 5.91 Å². The molecule has 4 rings (SSSR count). The molecule has 2 amide bonds. The molecule has 0 unspecified atom stereocenters. The number of aromatic nitrogens is 3. The Bertz CT molecular complexity index is 950. The van der Waals surface area contributed by atoms with Gasteiger partial charge in [0.15, 0.2) is 5.69 Å². The summed E-state index contributed by atoms with van der Waals surface area (Å²) in [7, 11) is 1.64. The quantitative estimate of drug-likeness (QED) is 0.739. The molecule has 0 aliphatic carbocycles. The van der Waals surface area contributed by atoms with Crippen LogP contribution in [0.5, 0.6) is 5.75 Å². The van der Waals surface area contributed by atoms with E-state index >= 15 is 0 Å². The summed E-state index contributed by atoms with van der Waals surface area (Å²) in [5.41, 5.74) is 2.08. The van der Waals surface area contributed by atoms with Gasteiger partial charge in [-0.3, -0.25) is 9.59 Å². The summed E-state index contributed by atoms with van der Waals surface area (Å²) in [6.07, 6.45) is 2.07. The molecule has 1 N–H and O–H groups in total. The molecule has 3 heterocycles. The second kappa shape index (κ2) is 9.68. The molecule has 0 spiro atoms. The van der Waals surface area contributed by atoms with Crippen LogP contribution in [-0.4, -0.2) is 57.9 Å². The van der Waals surface area contributed by atoms with Gasteiger partial charge in [0.05, 0.1) is 26.0 Å². The number of nitrogens with zero attached hydrogens (tertiary/aromatic N) is 4. The molecule has 0 radical (unpaired) electrons. The minimum Gasteiger partial charge on any atom is -0.497 e. The fraction of sp³-hybridized carbons (Fsp3) is 0.565. The zero-order valence-electron chi connectivity index (χ0n) is 18.9. The highest BCUT2D eigenvalue weighted by Gasteiger charge is 2.33. The van der Waals surface area contributed by atoms with Gasteiger partial charge in [0, 0.05) is 25.0 Å².